The van der Waals surface area contributed by atoms with Crippen LogP contribution in [0.5, 0.6) is 0 Å². The number of benzene rings is 1. The van der Waals surface area contributed by atoms with Crippen molar-refractivity contribution in [2.24, 2.45) is 18.9 Å². The molecule has 2 aliphatic rings. The third kappa shape index (κ3) is 2.03. The summed E-state index contributed by atoms with van der Waals surface area (Å²) < 4.78 is 2.04. The summed E-state index contributed by atoms with van der Waals surface area (Å²) in [5, 5.41) is 11.5. The predicted molar refractivity (Wildman–Crippen MR) is 81.9 cm³/mol. The molecule has 2 aliphatic carbocycles. The molecule has 2 atom stereocenters. The van der Waals surface area contributed by atoms with E-state index in [0.717, 1.165) is 31.5 Å². The van der Waals surface area contributed by atoms with E-state index in [0.29, 0.717) is 18.3 Å². The van der Waals surface area contributed by atoms with Gasteiger partial charge in [0.25, 0.3) is 0 Å². The highest BCUT2D eigenvalue weighted by Crippen LogP contribution is 2.48. The monoisotopic (exact) mass is 282 g/mol. The highest BCUT2D eigenvalue weighted by Gasteiger charge is 2.50. The fraction of sp³-hybridized carbons (Fsp3) is 0.500. The largest absolute Gasteiger partial charge is 0.389 e. The Morgan fingerprint density at radius 1 is 1.19 bits per heavy atom. The Hall–Kier alpha value is -1.61. The summed E-state index contributed by atoms with van der Waals surface area (Å²) in [7, 11) is 2.01. The predicted octanol–water partition coefficient (Wildman–Crippen LogP) is 2.52. The number of aliphatic hydroxyl groups is 1. The van der Waals surface area contributed by atoms with Gasteiger partial charge in [-0.05, 0) is 48.6 Å². The molecule has 4 rings (SSSR count). The summed E-state index contributed by atoms with van der Waals surface area (Å²) >= 11 is 0. The molecule has 2 aromatic rings. The lowest BCUT2D eigenvalue weighted by atomic mass is 9.79. The summed E-state index contributed by atoms with van der Waals surface area (Å²) in [6.07, 6.45) is 8.76. The van der Waals surface area contributed by atoms with Gasteiger partial charge in [0.1, 0.15) is 5.82 Å². The maximum absolute atomic E-state index is 11.5. The van der Waals surface area contributed by atoms with Gasteiger partial charge in [-0.15, -0.1) is 0 Å². The van der Waals surface area contributed by atoms with Crippen LogP contribution in [0, 0.1) is 11.8 Å². The van der Waals surface area contributed by atoms with Gasteiger partial charge < -0.3 is 9.67 Å². The summed E-state index contributed by atoms with van der Waals surface area (Å²) in [4.78, 5) is 4.43. The quantitative estimate of drug-likeness (QED) is 0.919. The Balaban J connectivity index is 1.70. The third-order valence-corrected chi connectivity index (χ3v) is 5.69. The topological polar surface area (TPSA) is 38.0 Å². The molecule has 0 radical (unpaired) electrons. The number of fused-ring (bicyclic) bond motifs is 3. The van der Waals surface area contributed by atoms with Crippen LogP contribution in [0.2, 0.25) is 0 Å². The van der Waals surface area contributed by atoms with Gasteiger partial charge in [-0.2, -0.15) is 0 Å². The fourth-order valence-corrected chi connectivity index (χ4v) is 4.39. The second kappa shape index (κ2) is 4.70. The Morgan fingerprint density at radius 2 is 1.81 bits per heavy atom. The third-order valence-electron chi connectivity index (χ3n) is 5.69. The molecule has 1 saturated carbocycles. The van der Waals surface area contributed by atoms with Crippen LogP contribution in [0.4, 0.5) is 0 Å². The van der Waals surface area contributed by atoms with Crippen LogP contribution < -0.4 is 0 Å². The van der Waals surface area contributed by atoms with E-state index in [9.17, 15) is 5.11 Å². The van der Waals surface area contributed by atoms with Crippen molar-refractivity contribution in [2.75, 3.05) is 0 Å². The van der Waals surface area contributed by atoms with Crippen molar-refractivity contribution in [1.29, 1.82) is 0 Å². The number of hydrogen-bond donors (Lipinski definition) is 1. The second-order valence-electron chi connectivity index (χ2n) is 6.77. The molecular formula is C18H22N2O. The molecule has 3 heteroatoms. The Bertz CT molecular complexity index is 628. The number of imidazole rings is 1. The molecule has 1 N–H and O–H groups in total. The lowest BCUT2D eigenvalue weighted by Gasteiger charge is -2.33. The number of hydrogen-bond acceptors (Lipinski definition) is 2. The molecule has 0 spiro atoms. The second-order valence-corrected chi connectivity index (χ2v) is 6.77. The van der Waals surface area contributed by atoms with Crippen LogP contribution in [-0.4, -0.2) is 20.3 Å². The Labute approximate surface area is 125 Å². The first-order valence-electron chi connectivity index (χ1n) is 7.92. The van der Waals surface area contributed by atoms with Gasteiger partial charge in [-0.3, -0.25) is 0 Å². The van der Waals surface area contributed by atoms with Crippen molar-refractivity contribution < 1.29 is 5.11 Å². The first kappa shape index (κ1) is 13.1. The van der Waals surface area contributed by atoms with E-state index >= 15 is 0 Å². The maximum Gasteiger partial charge on any atom is 0.111 e. The summed E-state index contributed by atoms with van der Waals surface area (Å²) in [5.74, 6) is 1.73. The number of rotatable bonds is 2. The lowest BCUT2D eigenvalue weighted by molar-refractivity contribution is -0.0350. The van der Waals surface area contributed by atoms with Crippen LogP contribution >= 0.6 is 0 Å². The first-order chi connectivity index (χ1) is 10.2. The summed E-state index contributed by atoms with van der Waals surface area (Å²) in [6.45, 7) is 0. The van der Waals surface area contributed by atoms with Gasteiger partial charge >= 0.3 is 0 Å². The lowest BCUT2D eigenvalue weighted by Crippen LogP contribution is -2.43. The summed E-state index contributed by atoms with van der Waals surface area (Å²) in [5.41, 5.74) is 2.27. The van der Waals surface area contributed by atoms with Crippen LogP contribution in [0.25, 0.3) is 0 Å². The SMILES string of the molecule is Cn1ccnc1CC1(O)C2CCC1Cc1ccccc1C2. The molecule has 1 fully saturated rings. The first-order valence-corrected chi connectivity index (χ1v) is 7.92. The van der Waals surface area contributed by atoms with Crippen LogP contribution in [0.1, 0.15) is 29.8 Å². The molecule has 110 valence electrons. The van der Waals surface area contributed by atoms with Crippen LogP contribution in [-0.2, 0) is 26.3 Å². The van der Waals surface area contributed by atoms with Gasteiger partial charge in [0.05, 0.1) is 5.60 Å². The Kier molecular flexibility index (Phi) is 2.93. The molecule has 2 bridgehead atoms. The van der Waals surface area contributed by atoms with E-state index in [2.05, 4.69) is 29.2 Å². The molecular weight excluding hydrogens is 260 g/mol. The zero-order chi connectivity index (χ0) is 14.4. The average Bonchev–Trinajstić information content (AvgIpc) is 2.93. The maximum atomic E-state index is 11.5. The van der Waals surface area contributed by atoms with Crippen LogP contribution in [0.3, 0.4) is 0 Å². The fourth-order valence-electron chi connectivity index (χ4n) is 4.39. The van der Waals surface area contributed by atoms with Crippen molar-refractivity contribution >= 4 is 0 Å². The number of nitrogens with zero attached hydrogens (tertiary/aromatic N) is 2. The van der Waals surface area contributed by atoms with Crippen molar-refractivity contribution in [1.82, 2.24) is 9.55 Å². The van der Waals surface area contributed by atoms with E-state index in [1.165, 1.54) is 11.1 Å². The average molecular weight is 282 g/mol. The van der Waals surface area contributed by atoms with Gasteiger partial charge in [0.15, 0.2) is 0 Å². The number of aromatic nitrogens is 2. The molecule has 1 aromatic carbocycles. The molecule has 0 amide bonds. The molecule has 2 unspecified atom stereocenters. The highest BCUT2D eigenvalue weighted by atomic mass is 16.3. The minimum atomic E-state index is -0.599. The standard InChI is InChI=1S/C18H22N2O/c1-20-9-8-19-17(20)12-18(21)15-6-7-16(18)11-14-5-3-2-4-13(14)10-15/h2-5,8-9,15-16,21H,6-7,10-12H2,1H3. The van der Waals surface area contributed by atoms with Gasteiger partial charge in [-0.1, -0.05) is 24.3 Å². The van der Waals surface area contributed by atoms with Gasteiger partial charge in [0.2, 0.25) is 0 Å². The van der Waals surface area contributed by atoms with E-state index in [1.807, 2.05) is 24.0 Å². The minimum Gasteiger partial charge on any atom is -0.389 e. The minimum absolute atomic E-state index is 0.364. The van der Waals surface area contributed by atoms with Crippen molar-refractivity contribution in [3.63, 3.8) is 0 Å². The smallest absolute Gasteiger partial charge is 0.111 e. The zero-order valence-corrected chi connectivity index (χ0v) is 12.5. The molecule has 21 heavy (non-hydrogen) atoms. The molecule has 1 heterocycles. The molecule has 1 aromatic heterocycles. The molecule has 0 saturated heterocycles. The molecule has 3 nitrogen and oxygen atoms in total. The molecule has 0 aliphatic heterocycles. The van der Waals surface area contributed by atoms with Crippen molar-refractivity contribution in [2.45, 2.75) is 37.7 Å². The van der Waals surface area contributed by atoms with E-state index in [1.54, 1.807) is 0 Å². The van der Waals surface area contributed by atoms with Gasteiger partial charge in [0, 0.05) is 25.9 Å². The normalized spacial score (nSPS) is 31.0. The van der Waals surface area contributed by atoms with E-state index in [-0.39, 0.29) is 0 Å². The van der Waals surface area contributed by atoms with Crippen molar-refractivity contribution in [3.8, 4) is 0 Å². The van der Waals surface area contributed by atoms with E-state index in [4.69, 9.17) is 0 Å². The van der Waals surface area contributed by atoms with Crippen molar-refractivity contribution in [3.05, 3.63) is 53.6 Å². The number of aryl methyl sites for hydroxylation is 1. The van der Waals surface area contributed by atoms with E-state index < -0.39 is 5.60 Å². The van der Waals surface area contributed by atoms with Crippen LogP contribution in [0.15, 0.2) is 36.7 Å². The summed E-state index contributed by atoms with van der Waals surface area (Å²) in [6, 6.07) is 8.71. The van der Waals surface area contributed by atoms with Gasteiger partial charge in [-0.25, -0.2) is 4.98 Å². The zero-order valence-electron chi connectivity index (χ0n) is 12.5. The Morgan fingerprint density at radius 3 is 2.33 bits per heavy atom. The highest BCUT2D eigenvalue weighted by molar-refractivity contribution is 5.32.